The monoisotopic (exact) mass is 211 g/mol. The average Bonchev–Trinajstić information content (AvgIpc) is 2.15. The first-order chi connectivity index (χ1) is 6.92. The predicted molar refractivity (Wildman–Crippen MR) is 59.8 cm³/mol. The topological polar surface area (TPSA) is 21.3 Å². The minimum atomic E-state index is -0.441. The van der Waals surface area contributed by atoms with Gasteiger partial charge in [-0.2, -0.15) is 0 Å². The zero-order valence-corrected chi connectivity index (χ0v) is 9.94. The van der Waals surface area contributed by atoms with Crippen LogP contribution in [0.4, 0.5) is 4.39 Å². The van der Waals surface area contributed by atoms with Crippen molar-refractivity contribution in [3.8, 4) is 5.75 Å². The molecule has 1 N–H and O–H groups in total. The van der Waals surface area contributed by atoms with Gasteiger partial charge in [0, 0.05) is 11.1 Å². The van der Waals surface area contributed by atoms with Gasteiger partial charge in [0.15, 0.2) is 0 Å². The van der Waals surface area contributed by atoms with Gasteiger partial charge in [-0.3, -0.25) is 0 Å². The van der Waals surface area contributed by atoms with Crippen LogP contribution in [-0.4, -0.2) is 14.2 Å². The van der Waals surface area contributed by atoms with Gasteiger partial charge < -0.3 is 10.1 Å². The first-order valence-corrected chi connectivity index (χ1v) is 4.96. The molecule has 0 fully saturated rings. The Labute approximate surface area is 90.4 Å². The molecule has 0 atom stereocenters. The maximum atomic E-state index is 13.9. The van der Waals surface area contributed by atoms with Gasteiger partial charge in [-0.25, -0.2) is 4.39 Å². The van der Waals surface area contributed by atoms with Crippen LogP contribution in [0.5, 0.6) is 5.75 Å². The van der Waals surface area contributed by atoms with Crippen molar-refractivity contribution in [3.05, 3.63) is 29.1 Å². The Hall–Kier alpha value is -1.09. The highest BCUT2D eigenvalue weighted by atomic mass is 19.1. The summed E-state index contributed by atoms with van der Waals surface area (Å²) in [5.41, 5.74) is 0.987. The molecule has 0 aliphatic carbocycles. The van der Waals surface area contributed by atoms with Crippen LogP contribution in [0, 0.1) is 12.7 Å². The zero-order valence-electron chi connectivity index (χ0n) is 9.94. The maximum Gasteiger partial charge on any atom is 0.132 e. The molecule has 0 bridgehead atoms. The van der Waals surface area contributed by atoms with E-state index in [0.717, 1.165) is 5.56 Å². The molecular formula is C12H18FNO. The zero-order chi connectivity index (χ0) is 11.6. The highest BCUT2D eigenvalue weighted by molar-refractivity contribution is 5.42. The molecule has 2 nitrogen and oxygen atoms in total. The van der Waals surface area contributed by atoms with Crippen LogP contribution in [0.3, 0.4) is 0 Å². The lowest BCUT2D eigenvalue weighted by atomic mass is 9.92. The molecule has 1 aromatic carbocycles. The van der Waals surface area contributed by atoms with Crippen LogP contribution in [0.15, 0.2) is 12.1 Å². The van der Waals surface area contributed by atoms with Gasteiger partial charge in [0.05, 0.1) is 7.11 Å². The van der Waals surface area contributed by atoms with E-state index in [-0.39, 0.29) is 5.82 Å². The summed E-state index contributed by atoms with van der Waals surface area (Å²) in [7, 11) is 3.36. The summed E-state index contributed by atoms with van der Waals surface area (Å²) in [5, 5.41) is 3.07. The normalized spacial score (nSPS) is 11.6. The van der Waals surface area contributed by atoms with Gasteiger partial charge >= 0.3 is 0 Å². The summed E-state index contributed by atoms with van der Waals surface area (Å²) >= 11 is 0. The Bertz CT molecular complexity index is 361. The fourth-order valence-electron chi connectivity index (χ4n) is 1.60. The van der Waals surface area contributed by atoms with Crippen molar-refractivity contribution < 1.29 is 9.13 Å². The molecule has 0 saturated carbocycles. The third kappa shape index (κ3) is 2.29. The number of hydrogen-bond donors (Lipinski definition) is 1. The van der Waals surface area contributed by atoms with E-state index in [1.165, 1.54) is 6.07 Å². The number of hydrogen-bond acceptors (Lipinski definition) is 2. The van der Waals surface area contributed by atoms with E-state index in [0.29, 0.717) is 11.3 Å². The number of halogens is 1. The van der Waals surface area contributed by atoms with Gasteiger partial charge in [-0.05, 0) is 45.5 Å². The summed E-state index contributed by atoms with van der Waals surface area (Å²) in [6, 6.07) is 3.37. The Morgan fingerprint density at radius 1 is 1.33 bits per heavy atom. The molecule has 84 valence electrons. The maximum absolute atomic E-state index is 13.9. The Kier molecular flexibility index (Phi) is 3.35. The van der Waals surface area contributed by atoms with Crippen LogP contribution in [0.1, 0.15) is 25.0 Å². The lowest BCUT2D eigenvalue weighted by molar-refractivity contribution is 0.360. The number of rotatable bonds is 3. The molecule has 15 heavy (non-hydrogen) atoms. The molecule has 1 rings (SSSR count). The summed E-state index contributed by atoms with van der Waals surface area (Å²) in [6.45, 7) is 5.69. The summed E-state index contributed by atoms with van der Waals surface area (Å²) in [4.78, 5) is 0. The Morgan fingerprint density at radius 2 is 1.93 bits per heavy atom. The van der Waals surface area contributed by atoms with Crippen LogP contribution in [0.25, 0.3) is 0 Å². The number of benzene rings is 1. The third-order valence-corrected chi connectivity index (χ3v) is 2.67. The molecule has 0 aromatic heterocycles. The summed E-state index contributed by atoms with van der Waals surface area (Å²) in [5.74, 6) is 0.359. The van der Waals surface area contributed by atoms with E-state index in [1.807, 2.05) is 26.8 Å². The SMILES string of the molecule is CNC(C)(C)c1c(F)cc(C)cc1OC. The molecule has 0 saturated heterocycles. The second-order valence-corrected chi connectivity index (χ2v) is 4.20. The molecule has 0 amide bonds. The van der Waals surface area contributed by atoms with Crippen molar-refractivity contribution in [1.29, 1.82) is 0 Å². The van der Waals surface area contributed by atoms with Gasteiger partial charge in [-0.15, -0.1) is 0 Å². The Balaban J connectivity index is 3.39. The van der Waals surface area contributed by atoms with Gasteiger partial charge in [0.1, 0.15) is 11.6 Å². The smallest absolute Gasteiger partial charge is 0.132 e. The van der Waals surface area contributed by atoms with Crippen LogP contribution < -0.4 is 10.1 Å². The summed E-state index contributed by atoms with van der Waals surface area (Å²) < 4.78 is 19.1. The largest absolute Gasteiger partial charge is 0.496 e. The van der Waals surface area contributed by atoms with Gasteiger partial charge in [-0.1, -0.05) is 0 Å². The average molecular weight is 211 g/mol. The number of nitrogens with one attached hydrogen (secondary N) is 1. The number of methoxy groups -OCH3 is 1. The quantitative estimate of drug-likeness (QED) is 0.829. The lowest BCUT2D eigenvalue weighted by Gasteiger charge is -2.27. The van der Waals surface area contributed by atoms with Crippen molar-refractivity contribution in [2.45, 2.75) is 26.3 Å². The van der Waals surface area contributed by atoms with E-state index >= 15 is 0 Å². The van der Waals surface area contributed by atoms with E-state index in [4.69, 9.17) is 4.74 Å². The molecule has 0 aliphatic rings. The van der Waals surface area contributed by atoms with Crippen LogP contribution in [-0.2, 0) is 5.54 Å². The lowest BCUT2D eigenvalue weighted by Crippen LogP contribution is -2.34. The molecule has 0 spiro atoms. The second-order valence-electron chi connectivity index (χ2n) is 4.20. The predicted octanol–water partition coefficient (Wildman–Crippen LogP) is 2.60. The number of ether oxygens (including phenoxy) is 1. The highest BCUT2D eigenvalue weighted by Crippen LogP contribution is 2.32. The van der Waals surface area contributed by atoms with E-state index < -0.39 is 5.54 Å². The third-order valence-electron chi connectivity index (χ3n) is 2.67. The van der Waals surface area contributed by atoms with Crippen molar-refractivity contribution >= 4 is 0 Å². The number of aryl methyl sites for hydroxylation is 1. The first kappa shape index (κ1) is 12.0. The summed E-state index contributed by atoms with van der Waals surface area (Å²) in [6.07, 6.45) is 0. The fraction of sp³-hybridized carbons (Fsp3) is 0.500. The van der Waals surface area contributed by atoms with E-state index in [1.54, 1.807) is 14.2 Å². The molecule has 0 radical (unpaired) electrons. The molecule has 3 heteroatoms. The molecular weight excluding hydrogens is 193 g/mol. The minimum Gasteiger partial charge on any atom is -0.496 e. The van der Waals surface area contributed by atoms with Crippen LogP contribution in [0.2, 0.25) is 0 Å². The van der Waals surface area contributed by atoms with Crippen molar-refractivity contribution in [3.63, 3.8) is 0 Å². The van der Waals surface area contributed by atoms with Gasteiger partial charge in [0.2, 0.25) is 0 Å². The van der Waals surface area contributed by atoms with Gasteiger partial charge in [0.25, 0.3) is 0 Å². The fourth-order valence-corrected chi connectivity index (χ4v) is 1.60. The van der Waals surface area contributed by atoms with Crippen molar-refractivity contribution in [2.75, 3.05) is 14.2 Å². The minimum absolute atomic E-state index is 0.230. The first-order valence-electron chi connectivity index (χ1n) is 4.96. The van der Waals surface area contributed by atoms with Crippen molar-refractivity contribution in [2.24, 2.45) is 0 Å². The molecule has 0 heterocycles. The van der Waals surface area contributed by atoms with Crippen molar-refractivity contribution in [1.82, 2.24) is 5.32 Å². The molecule has 0 aliphatic heterocycles. The van der Waals surface area contributed by atoms with Crippen LogP contribution >= 0.6 is 0 Å². The molecule has 0 unspecified atom stereocenters. The second kappa shape index (κ2) is 4.19. The van der Waals surface area contributed by atoms with E-state index in [2.05, 4.69) is 5.32 Å². The standard InChI is InChI=1S/C12H18FNO/c1-8-6-9(13)11(10(7-8)15-5)12(2,3)14-4/h6-7,14H,1-5H3. The molecule has 1 aromatic rings. The van der Waals surface area contributed by atoms with E-state index in [9.17, 15) is 4.39 Å². The Morgan fingerprint density at radius 3 is 2.40 bits per heavy atom. The highest BCUT2D eigenvalue weighted by Gasteiger charge is 2.26.